The van der Waals surface area contributed by atoms with E-state index in [1.807, 2.05) is 0 Å². The summed E-state index contributed by atoms with van der Waals surface area (Å²) in [4.78, 5) is 0. The SMILES string of the molecule is CCCCC(CC)C1C(C)C1CCCC. The molecule has 1 aliphatic rings. The summed E-state index contributed by atoms with van der Waals surface area (Å²) in [6.45, 7) is 9.51. The first-order valence-corrected chi connectivity index (χ1v) is 7.26. The maximum absolute atomic E-state index is 2.49. The van der Waals surface area contributed by atoms with Crippen molar-refractivity contribution in [2.75, 3.05) is 0 Å². The number of hydrogen-bond donors (Lipinski definition) is 0. The quantitative estimate of drug-likeness (QED) is 0.511. The smallest absolute Gasteiger partial charge is 0.0326 e. The van der Waals surface area contributed by atoms with E-state index in [9.17, 15) is 0 Å². The van der Waals surface area contributed by atoms with Gasteiger partial charge in [-0.25, -0.2) is 0 Å². The van der Waals surface area contributed by atoms with E-state index < -0.39 is 0 Å². The molecule has 0 aromatic heterocycles. The summed E-state index contributed by atoms with van der Waals surface area (Å²) in [6, 6.07) is 0. The summed E-state index contributed by atoms with van der Waals surface area (Å²) in [5.41, 5.74) is 0. The van der Waals surface area contributed by atoms with Gasteiger partial charge in [-0.3, -0.25) is 0 Å². The third-order valence-electron chi connectivity index (χ3n) is 4.52. The zero-order valence-corrected chi connectivity index (χ0v) is 11.3. The normalized spacial score (nSPS) is 31.6. The number of unbranched alkanes of at least 4 members (excludes halogenated alkanes) is 2. The number of rotatable bonds is 8. The molecule has 1 aliphatic carbocycles. The second kappa shape index (κ2) is 6.55. The summed E-state index contributed by atoms with van der Waals surface area (Å²) in [7, 11) is 0. The zero-order valence-electron chi connectivity index (χ0n) is 11.3. The highest BCUT2D eigenvalue weighted by molar-refractivity contribution is 4.97. The minimum absolute atomic E-state index is 1.04. The monoisotopic (exact) mass is 210 g/mol. The fraction of sp³-hybridized carbons (Fsp3) is 1.00. The van der Waals surface area contributed by atoms with Crippen molar-refractivity contribution in [2.24, 2.45) is 23.7 Å². The van der Waals surface area contributed by atoms with Gasteiger partial charge in [0.1, 0.15) is 0 Å². The van der Waals surface area contributed by atoms with Gasteiger partial charge in [-0.15, -0.1) is 0 Å². The Hall–Kier alpha value is 0. The first-order chi connectivity index (χ1) is 7.26. The van der Waals surface area contributed by atoms with Crippen LogP contribution in [-0.4, -0.2) is 0 Å². The van der Waals surface area contributed by atoms with Crippen LogP contribution in [0.25, 0.3) is 0 Å². The first kappa shape index (κ1) is 13.1. The van der Waals surface area contributed by atoms with E-state index in [0.29, 0.717) is 0 Å². The van der Waals surface area contributed by atoms with Crippen LogP contribution in [0.15, 0.2) is 0 Å². The Bertz CT molecular complexity index is 161. The molecule has 0 heteroatoms. The van der Waals surface area contributed by atoms with Crippen LogP contribution < -0.4 is 0 Å². The minimum Gasteiger partial charge on any atom is -0.0654 e. The number of hydrogen-bond acceptors (Lipinski definition) is 0. The van der Waals surface area contributed by atoms with E-state index in [1.54, 1.807) is 0 Å². The minimum atomic E-state index is 1.04. The average molecular weight is 210 g/mol. The molecule has 4 atom stereocenters. The molecular formula is C15H30. The molecule has 1 saturated carbocycles. The molecule has 1 fully saturated rings. The lowest BCUT2D eigenvalue weighted by molar-refractivity contribution is 0.367. The molecular weight excluding hydrogens is 180 g/mol. The van der Waals surface area contributed by atoms with Gasteiger partial charge in [0.05, 0.1) is 0 Å². The molecule has 0 aromatic rings. The van der Waals surface area contributed by atoms with Gasteiger partial charge in [0, 0.05) is 0 Å². The average Bonchev–Trinajstić information content (AvgIpc) is 2.88. The second-order valence-corrected chi connectivity index (χ2v) is 5.55. The van der Waals surface area contributed by atoms with Crippen LogP contribution >= 0.6 is 0 Å². The van der Waals surface area contributed by atoms with Crippen LogP contribution in [0, 0.1) is 23.7 Å². The lowest BCUT2D eigenvalue weighted by Crippen LogP contribution is -2.04. The Morgan fingerprint density at radius 3 is 2.20 bits per heavy atom. The van der Waals surface area contributed by atoms with Crippen molar-refractivity contribution >= 4 is 0 Å². The van der Waals surface area contributed by atoms with Crippen molar-refractivity contribution in [3.05, 3.63) is 0 Å². The predicted octanol–water partition coefficient (Wildman–Crippen LogP) is 5.28. The maximum atomic E-state index is 2.49. The summed E-state index contributed by atoms with van der Waals surface area (Å²) in [5.74, 6) is 4.26. The molecule has 0 saturated heterocycles. The largest absolute Gasteiger partial charge is 0.0654 e. The van der Waals surface area contributed by atoms with Crippen molar-refractivity contribution in [3.8, 4) is 0 Å². The lowest BCUT2D eigenvalue weighted by atomic mass is 9.92. The van der Waals surface area contributed by atoms with Crippen molar-refractivity contribution in [1.82, 2.24) is 0 Å². The predicted molar refractivity (Wildman–Crippen MR) is 69.0 cm³/mol. The summed E-state index contributed by atoms with van der Waals surface area (Å²) >= 11 is 0. The molecule has 0 aliphatic heterocycles. The van der Waals surface area contributed by atoms with Crippen molar-refractivity contribution in [2.45, 2.75) is 72.6 Å². The fourth-order valence-electron chi connectivity index (χ4n) is 3.39. The molecule has 0 radical (unpaired) electrons. The summed E-state index contributed by atoms with van der Waals surface area (Å²) in [6.07, 6.45) is 10.1. The molecule has 0 bridgehead atoms. The van der Waals surface area contributed by atoms with Gasteiger partial charge >= 0.3 is 0 Å². The molecule has 0 aromatic carbocycles. The van der Waals surface area contributed by atoms with Gasteiger partial charge in [-0.2, -0.15) is 0 Å². The van der Waals surface area contributed by atoms with E-state index >= 15 is 0 Å². The second-order valence-electron chi connectivity index (χ2n) is 5.55. The van der Waals surface area contributed by atoms with Gasteiger partial charge < -0.3 is 0 Å². The van der Waals surface area contributed by atoms with Crippen LogP contribution in [0.3, 0.4) is 0 Å². The maximum Gasteiger partial charge on any atom is -0.0326 e. The molecule has 1 rings (SSSR count). The van der Waals surface area contributed by atoms with Crippen LogP contribution in [-0.2, 0) is 0 Å². The molecule has 0 N–H and O–H groups in total. The summed E-state index contributed by atoms with van der Waals surface area (Å²) in [5, 5.41) is 0. The van der Waals surface area contributed by atoms with Crippen molar-refractivity contribution < 1.29 is 0 Å². The summed E-state index contributed by atoms with van der Waals surface area (Å²) < 4.78 is 0. The van der Waals surface area contributed by atoms with Crippen LogP contribution in [0.1, 0.15) is 72.6 Å². The molecule has 0 nitrogen and oxygen atoms in total. The van der Waals surface area contributed by atoms with E-state index in [2.05, 4.69) is 27.7 Å². The Labute approximate surface area is 96.8 Å². The third kappa shape index (κ3) is 3.50. The lowest BCUT2D eigenvalue weighted by Gasteiger charge is -2.14. The van der Waals surface area contributed by atoms with Crippen LogP contribution in [0.5, 0.6) is 0 Å². The third-order valence-corrected chi connectivity index (χ3v) is 4.52. The fourth-order valence-corrected chi connectivity index (χ4v) is 3.39. The van der Waals surface area contributed by atoms with Gasteiger partial charge in [-0.05, 0) is 30.1 Å². The van der Waals surface area contributed by atoms with E-state index in [0.717, 1.165) is 23.7 Å². The van der Waals surface area contributed by atoms with Crippen molar-refractivity contribution in [3.63, 3.8) is 0 Å². The molecule has 15 heavy (non-hydrogen) atoms. The van der Waals surface area contributed by atoms with Crippen LogP contribution in [0.2, 0.25) is 0 Å². The van der Waals surface area contributed by atoms with Crippen molar-refractivity contribution in [1.29, 1.82) is 0 Å². The highest BCUT2D eigenvalue weighted by atomic mass is 14.5. The standard InChI is InChI=1S/C15H30/c1-5-8-10-13(7-3)15-12(4)14(15)11-9-6-2/h12-15H,5-11H2,1-4H3. The van der Waals surface area contributed by atoms with Gasteiger partial charge in [-0.1, -0.05) is 66.2 Å². The first-order valence-electron chi connectivity index (χ1n) is 7.26. The topological polar surface area (TPSA) is 0 Å². The van der Waals surface area contributed by atoms with Crippen LogP contribution in [0.4, 0.5) is 0 Å². The van der Waals surface area contributed by atoms with E-state index in [1.165, 1.54) is 44.9 Å². The van der Waals surface area contributed by atoms with Gasteiger partial charge in [0.2, 0.25) is 0 Å². The zero-order chi connectivity index (χ0) is 11.3. The highest BCUT2D eigenvalue weighted by Gasteiger charge is 2.48. The molecule has 4 unspecified atom stereocenters. The molecule has 0 spiro atoms. The van der Waals surface area contributed by atoms with Gasteiger partial charge in [0.15, 0.2) is 0 Å². The van der Waals surface area contributed by atoms with Gasteiger partial charge in [0.25, 0.3) is 0 Å². The Morgan fingerprint density at radius 1 is 1.00 bits per heavy atom. The van der Waals surface area contributed by atoms with E-state index in [4.69, 9.17) is 0 Å². The Balaban J connectivity index is 2.29. The molecule has 90 valence electrons. The molecule has 0 amide bonds. The highest BCUT2D eigenvalue weighted by Crippen LogP contribution is 2.55. The Morgan fingerprint density at radius 2 is 1.67 bits per heavy atom. The molecule has 0 heterocycles. The van der Waals surface area contributed by atoms with E-state index in [-0.39, 0.29) is 0 Å². The Kier molecular flexibility index (Phi) is 5.71.